The molecule has 1 aromatic carbocycles. The van der Waals surface area contributed by atoms with Gasteiger partial charge in [0.05, 0.1) is 14.2 Å². The minimum atomic E-state index is -1.13. The zero-order valence-electron chi connectivity index (χ0n) is 11.7. The predicted octanol–water partition coefficient (Wildman–Crippen LogP) is 2.22. The van der Waals surface area contributed by atoms with Crippen LogP contribution in [0.2, 0.25) is 0 Å². The molecule has 4 nitrogen and oxygen atoms in total. The second-order valence-corrected chi connectivity index (χ2v) is 4.96. The minimum absolute atomic E-state index is 0.0801. The Morgan fingerprint density at radius 1 is 1.30 bits per heavy atom. The van der Waals surface area contributed by atoms with Crippen molar-refractivity contribution in [2.75, 3.05) is 14.2 Å². The Morgan fingerprint density at radius 3 is 2.45 bits per heavy atom. The topological polar surface area (TPSA) is 52.6 Å². The number of methoxy groups -OCH3 is 2. The van der Waals surface area contributed by atoms with Gasteiger partial charge in [-0.3, -0.25) is 9.59 Å². The molecule has 1 saturated carbocycles. The number of hydrogen-bond donors (Lipinski definition) is 0. The number of benzene rings is 1. The Morgan fingerprint density at radius 2 is 1.90 bits per heavy atom. The quantitative estimate of drug-likeness (QED) is 0.610. The molecule has 0 aromatic heterocycles. The van der Waals surface area contributed by atoms with Gasteiger partial charge in [-0.1, -0.05) is 36.9 Å². The number of carbonyl (C=O) groups is 2. The molecular formula is C16H18O4. The molecule has 1 aromatic rings. The van der Waals surface area contributed by atoms with Crippen molar-refractivity contribution in [2.45, 2.75) is 12.8 Å². The van der Waals surface area contributed by atoms with Crippen LogP contribution in [0.3, 0.4) is 0 Å². The maximum atomic E-state index is 11.9. The summed E-state index contributed by atoms with van der Waals surface area (Å²) in [6.07, 6.45) is 2.87. The average molecular weight is 274 g/mol. The molecule has 0 amide bonds. The summed E-state index contributed by atoms with van der Waals surface area (Å²) in [4.78, 5) is 23.8. The van der Waals surface area contributed by atoms with Crippen molar-refractivity contribution < 1.29 is 19.1 Å². The van der Waals surface area contributed by atoms with E-state index in [1.165, 1.54) is 14.2 Å². The molecule has 0 heterocycles. The zero-order valence-corrected chi connectivity index (χ0v) is 11.7. The molecule has 4 heteroatoms. The molecular weight excluding hydrogens is 256 g/mol. The summed E-state index contributed by atoms with van der Waals surface area (Å²) in [7, 11) is 2.58. The van der Waals surface area contributed by atoms with Crippen LogP contribution < -0.4 is 0 Å². The van der Waals surface area contributed by atoms with E-state index < -0.39 is 17.4 Å². The summed E-state index contributed by atoms with van der Waals surface area (Å²) < 4.78 is 9.53. The van der Waals surface area contributed by atoms with E-state index >= 15 is 0 Å². The molecule has 1 fully saturated rings. The number of hydrogen-bond acceptors (Lipinski definition) is 4. The van der Waals surface area contributed by atoms with E-state index in [-0.39, 0.29) is 5.92 Å². The highest BCUT2D eigenvalue weighted by Gasteiger charge is 2.67. The molecule has 2 rings (SSSR count). The summed E-state index contributed by atoms with van der Waals surface area (Å²) >= 11 is 0. The first-order valence-corrected chi connectivity index (χ1v) is 6.47. The zero-order chi connectivity index (χ0) is 14.8. The first-order valence-electron chi connectivity index (χ1n) is 6.47. The van der Waals surface area contributed by atoms with E-state index in [0.29, 0.717) is 12.8 Å². The summed E-state index contributed by atoms with van der Waals surface area (Å²) in [6, 6.07) is 7.81. The van der Waals surface area contributed by atoms with Gasteiger partial charge in [-0.15, -0.1) is 0 Å². The van der Waals surface area contributed by atoms with Crippen LogP contribution in [0.4, 0.5) is 0 Å². The molecule has 0 spiro atoms. The second-order valence-electron chi connectivity index (χ2n) is 4.96. The smallest absolute Gasteiger partial charge is 0.323 e. The van der Waals surface area contributed by atoms with E-state index in [2.05, 4.69) is 6.58 Å². The first kappa shape index (κ1) is 14.3. The molecule has 1 aliphatic rings. The second kappa shape index (κ2) is 5.49. The lowest BCUT2D eigenvalue weighted by Gasteiger charge is -2.13. The van der Waals surface area contributed by atoms with E-state index in [1.807, 2.05) is 24.3 Å². The van der Waals surface area contributed by atoms with Crippen molar-refractivity contribution in [3.05, 3.63) is 42.0 Å². The van der Waals surface area contributed by atoms with Gasteiger partial charge in [0.2, 0.25) is 0 Å². The van der Waals surface area contributed by atoms with Crippen molar-refractivity contribution in [1.82, 2.24) is 0 Å². The van der Waals surface area contributed by atoms with E-state index in [0.717, 1.165) is 11.1 Å². The number of esters is 2. The molecule has 0 bridgehead atoms. The Labute approximate surface area is 118 Å². The highest BCUT2D eigenvalue weighted by atomic mass is 16.5. The summed E-state index contributed by atoms with van der Waals surface area (Å²) in [5.74, 6) is -1.10. The minimum Gasteiger partial charge on any atom is -0.468 e. The van der Waals surface area contributed by atoms with Gasteiger partial charge in [0.15, 0.2) is 5.41 Å². The lowest BCUT2D eigenvalue weighted by atomic mass is 9.96. The standard InChI is InChI=1S/C16H18O4/c1-4-11-7-5-6-8-12(11)9-13-10-16(13,14(17)19-2)15(18)20-3/h4-8,13H,1,9-10H2,2-3H3/t13-/m1/s1. The lowest BCUT2D eigenvalue weighted by molar-refractivity contribution is -0.162. The lowest BCUT2D eigenvalue weighted by Crippen LogP contribution is -2.30. The molecule has 0 saturated heterocycles. The molecule has 0 unspecified atom stereocenters. The fourth-order valence-electron chi connectivity index (χ4n) is 2.71. The molecule has 0 aliphatic heterocycles. The van der Waals surface area contributed by atoms with Crippen LogP contribution >= 0.6 is 0 Å². The molecule has 20 heavy (non-hydrogen) atoms. The SMILES string of the molecule is C=Cc1ccccc1C[C@@H]1CC1(C(=O)OC)C(=O)OC. The fraction of sp³-hybridized carbons (Fsp3) is 0.375. The van der Waals surface area contributed by atoms with Crippen LogP contribution in [0.25, 0.3) is 6.08 Å². The van der Waals surface area contributed by atoms with Crippen molar-refractivity contribution in [1.29, 1.82) is 0 Å². The Balaban J connectivity index is 2.21. The van der Waals surface area contributed by atoms with Gasteiger partial charge in [-0.05, 0) is 29.9 Å². The van der Waals surface area contributed by atoms with Gasteiger partial charge in [0.1, 0.15) is 0 Å². The maximum absolute atomic E-state index is 11.9. The number of rotatable bonds is 5. The van der Waals surface area contributed by atoms with Crippen LogP contribution in [0.5, 0.6) is 0 Å². The molecule has 0 N–H and O–H groups in total. The van der Waals surface area contributed by atoms with Crippen LogP contribution in [-0.2, 0) is 25.5 Å². The highest BCUT2D eigenvalue weighted by Crippen LogP contribution is 2.56. The van der Waals surface area contributed by atoms with Crippen molar-refractivity contribution in [2.24, 2.45) is 11.3 Å². The Hall–Kier alpha value is -2.10. The van der Waals surface area contributed by atoms with Crippen LogP contribution in [0.15, 0.2) is 30.8 Å². The largest absolute Gasteiger partial charge is 0.468 e. The van der Waals surface area contributed by atoms with Crippen LogP contribution in [0, 0.1) is 11.3 Å². The Kier molecular flexibility index (Phi) is 3.93. The van der Waals surface area contributed by atoms with Gasteiger partial charge < -0.3 is 9.47 Å². The van der Waals surface area contributed by atoms with Crippen LogP contribution in [-0.4, -0.2) is 26.2 Å². The third kappa shape index (κ3) is 2.22. The summed E-state index contributed by atoms with van der Waals surface area (Å²) in [6.45, 7) is 3.77. The summed E-state index contributed by atoms with van der Waals surface area (Å²) in [5.41, 5.74) is 0.961. The van der Waals surface area contributed by atoms with Gasteiger partial charge >= 0.3 is 11.9 Å². The third-order valence-corrected chi connectivity index (χ3v) is 3.95. The number of ether oxygens (including phenoxy) is 2. The van der Waals surface area contributed by atoms with Crippen molar-refractivity contribution >= 4 is 18.0 Å². The van der Waals surface area contributed by atoms with E-state index in [9.17, 15) is 9.59 Å². The highest BCUT2D eigenvalue weighted by molar-refractivity contribution is 6.03. The Bertz CT molecular complexity index is 531. The third-order valence-electron chi connectivity index (χ3n) is 3.95. The average Bonchev–Trinajstić information content (AvgIpc) is 3.21. The van der Waals surface area contributed by atoms with Gasteiger partial charge in [-0.2, -0.15) is 0 Å². The van der Waals surface area contributed by atoms with Crippen LogP contribution in [0.1, 0.15) is 17.5 Å². The van der Waals surface area contributed by atoms with Crippen molar-refractivity contribution in [3.63, 3.8) is 0 Å². The molecule has 106 valence electrons. The normalized spacial score (nSPS) is 19.0. The van der Waals surface area contributed by atoms with E-state index in [1.54, 1.807) is 6.08 Å². The van der Waals surface area contributed by atoms with Gasteiger partial charge in [-0.25, -0.2) is 0 Å². The maximum Gasteiger partial charge on any atom is 0.323 e. The first-order chi connectivity index (χ1) is 9.59. The van der Waals surface area contributed by atoms with Crippen molar-refractivity contribution in [3.8, 4) is 0 Å². The predicted molar refractivity (Wildman–Crippen MR) is 74.8 cm³/mol. The van der Waals surface area contributed by atoms with Gasteiger partial charge in [0.25, 0.3) is 0 Å². The summed E-state index contributed by atoms with van der Waals surface area (Å²) in [5, 5.41) is 0. The monoisotopic (exact) mass is 274 g/mol. The number of carbonyl (C=O) groups excluding carboxylic acids is 2. The fourth-order valence-corrected chi connectivity index (χ4v) is 2.71. The molecule has 0 radical (unpaired) electrons. The molecule has 1 aliphatic carbocycles. The molecule has 1 atom stereocenters. The van der Waals surface area contributed by atoms with Gasteiger partial charge in [0, 0.05) is 0 Å². The van der Waals surface area contributed by atoms with E-state index in [4.69, 9.17) is 9.47 Å².